The van der Waals surface area contributed by atoms with E-state index in [1.807, 2.05) is 19.1 Å². The second-order valence-electron chi connectivity index (χ2n) is 8.59. The SMILES string of the molecule is CC(C)Cc1ccc([C@@H](C)NC(=O)CN2C(=O)NC3(CCCCC3)C2=O)cc1. The number of imide groups is 1. The van der Waals surface area contributed by atoms with Gasteiger partial charge in [0.15, 0.2) is 0 Å². The van der Waals surface area contributed by atoms with Crippen LogP contribution in [0.2, 0.25) is 0 Å². The van der Waals surface area contributed by atoms with Crippen LogP contribution in [0.15, 0.2) is 24.3 Å². The second-order valence-corrected chi connectivity index (χ2v) is 8.59. The van der Waals surface area contributed by atoms with Crippen LogP contribution in [-0.2, 0) is 16.0 Å². The van der Waals surface area contributed by atoms with E-state index in [2.05, 4.69) is 36.6 Å². The van der Waals surface area contributed by atoms with Gasteiger partial charge in [0.25, 0.3) is 5.91 Å². The smallest absolute Gasteiger partial charge is 0.325 e. The van der Waals surface area contributed by atoms with Crippen LogP contribution in [0.1, 0.15) is 70.0 Å². The van der Waals surface area contributed by atoms with Gasteiger partial charge in [0, 0.05) is 0 Å². The Bertz CT molecular complexity index is 736. The fourth-order valence-corrected chi connectivity index (χ4v) is 4.24. The molecule has 0 bridgehead atoms. The molecule has 0 radical (unpaired) electrons. The number of carbonyl (C=O) groups excluding carboxylic acids is 3. The van der Waals surface area contributed by atoms with Crippen molar-refractivity contribution in [3.05, 3.63) is 35.4 Å². The number of urea groups is 1. The molecule has 152 valence electrons. The van der Waals surface area contributed by atoms with Gasteiger partial charge in [-0.25, -0.2) is 4.79 Å². The lowest BCUT2D eigenvalue weighted by molar-refractivity contribution is -0.136. The number of rotatable bonds is 6. The van der Waals surface area contributed by atoms with E-state index in [1.165, 1.54) is 5.56 Å². The van der Waals surface area contributed by atoms with Crippen LogP contribution >= 0.6 is 0 Å². The molecule has 2 aliphatic rings. The minimum absolute atomic E-state index is 0.190. The fourth-order valence-electron chi connectivity index (χ4n) is 4.24. The Morgan fingerprint density at radius 2 is 1.75 bits per heavy atom. The van der Waals surface area contributed by atoms with Gasteiger partial charge in [-0.15, -0.1) is 0 Å². The molecule has 1 aliphatic carbocycles. The van der Waals surface area contributed by atoms with Gasteiger partial charge in [-0.1, -0.05) is 57.4 Å². The van der Waals surface area contributed by atoms with E-state index in [-0.39, 0.29) is 24.4 Å². The molecule has 2 N–H and O–H groups in total. The van der Waals surface area contributed by atoms with Crippen molar-refractivity contribution in [3.63, 3.8) is 0 Å². The second kappa shape index (κ2) is 8.33. The fraction of sp³-hybridized carbons (Fsp3) is 0.591. The molecule has 1 aromatic carbocycles. The van der Waals surface area contributed by atoms with Gasteiger partial charge in [0.2, 0.25) is 5.91 Å². The maximum Gasteiger partial charge on any atom is 0.325 e. The molecular formula is C22H31N3O3. The molecule has 1 saturated heterocycles. The van der Waals surface area contributed by atoms with Crippen molar-refractivity contribution in [1.82, 2.24) is 15.5 Å². The Kier molecular flexibility index (Phi) is 6.06. The molecule has 0 aromatic heterocycles. The molecule has 1 spiro atoms. The van der Waals surface area contributed by atoms with Gasteiger partial charge in [-0.2, -0.15) is 0 Å². The van der Waals surface area contributed by atoms with E-state index >= 15 is 0 Å². The Balaban J connectivity index is 1.57. The molecule has 1 atom stereocenters. The number of benzene rings is 1. The van der Waals surface area contributed by atoms with Crippen LogP contribution in [0.4, 0.5) is 4.79 Å². The highest BCUT2D eigenvalue weighted by atomic mass is 16.2. The maximum atomic E-state index is 12.8. The van der Waals surface area contributed by atoms with Crippen LogP contribution in [-0.4, -0.2) is 34.8 Å². The van der Waals surface area contributed by atoms with Gasteiger partial charge >= 0.3 is 6.03 Å². The molecular weight excluding hydrogens is 354 g/mol. The van der Waals surface area contributed by atoms with Crippen LogP contribution in [0.25, 0.3) is 0 Å². The third-order valence-electron chi connectivity index (χ3n) is 5.76. The van der Waals surface area contributed by atoms with Crippen molar-refractivity contribution in [2.45, 2.75) is 70.9 Å². The van der Waals surface area contributed by atoms with Gasteiger partial charge in [0.1, 0.15) is 12.1 Å². The molecule has 0 unspecified atom stereocenters. The lowest BCUT2D eigenvalue weighted by Crippen LogP contribution is -2.49. The van der Waals surface area contributed by atoms with E-state index in [0.717, 1.165) is 36.1 Å². The Hall–Kier alpha value is -2.37. The first-order valence-corrected chi connectivity index (χ1v) is 10.3. The molecule has 1 saturated carbocycles. The van der Waals surface area contributed by atoms with Crippen LogP contribution < -0.4 is 10.6 Å². The first kappa shape index (κ1) is 20.4. The van der Waals surface area contributed by atoms with Crippen molar-refractivity contribution >= 4 is 17.8 Å². The third-order valence-corrected chi connectivity index (χ3v) is 5.76. The summed E-state index contributed by atoms with van der Waals surface area (Å²) in [6, 6.07) is 7.57. The summed E-state index contributed by atoms with van der Waals surface area (Å²) >= 11 is 0. The van der Waals surface area contributed by atoms with Crippen LogP contribution in [0.3, 0.4) is 0 Å². The van der Waals surface area contributed by atoms with Crippen molar-refractivity contribution in [2.24, 2.45) is 5.92 Å². The van der Waals surface area contributed by atoms with E-state index < -0.39 is 11.6 Å². The quantitative estimate of drug-likeness (QED) is 0.738. The molecule has 28 heavy (non-hydrogen) atoms. The molecule has 3 rings (SSSR count). The van der Waals surface area contributed by atoms with Crippen molar-refractivity contribution in [3.8, 4) is 0 Å². The average Bonchev–Trinajstić information content (AvgIpc) is 2.86. The summed E-state index contributed by atoms with van der Waals surface area (Å²) in [6.45, 7) is 6.04. The predicted molar refractivity (Wildman–Crippen MR) is 108 cm³/mol. The largest absolute Gasteiger partial charge is 0.348 e. The van der Waals surface area contributed by atoms with E-state index in [1.54, 1.807) is 0 Å². The molecule has 2 fully saturated rings. The Morgan fingerprint density at radius 3 is 2.36 bits per heavy atom. The normalized spacial score (nSPS) is 19.8. The zero-order chi connectivity index (χ0) is 20.3. The number of nitrogens with zero attached hydrogens (tertiary/aromatic N) is 1. The highest BCUT2D eigenvalue weighted by Gasteiger charge is 2.51. The van der Waals surface area contributed by atoms with Crippen LogP contribution in [0.5, 0.6) is 0 Å². The maximum absolute atomic E-state index is 12.8. The first-order valence-electron chi connectivity index (χ1n) is 10.3. The summed E-state index contributed by atoms with van der Waals surface area (Å²) in [7, 11) is 0. The number of hydrogen-bond acceptors (Lipinski definition) is 3. The molecule has 6 nitrogen and oxygen atoms in total. The van der Waals surface area contributed by atoms with Crippen molar-refractivity contribution in [1.29, 1.82) is 0 Å². The average molecular weight is 386 g/mol. The topological polar surface area (TPSA) is 78.5 Å². The van der Waals surface area contributed by atoms with Gasteiger partial charge in [-0.05, 0) is 43.2 Å². The highest BCUT2D eigenvalue weighted by Crippen LogP contribution is 2.33. The predicted octanol–water partition coefficient (Wildman–Crippen LogP) is 3.32. The van der Waals surface area contributed by atoms with Crippen LogP contribution in [0, 0.1) is 5.92 Å². The monoisotopic (exact) mass is 385 g/mol. The number of nitrogens with one attached hydrogen (secondary N) is 2. The summed E-state index contributed by atoms with van der Waals surface area (Å²) in [6.07, 6.45) is 5.28. The summed E-state index contributed by atoms with van der Waals surface area (Å²) in [5.74, 6) is 0.0211. The highest BCUT2D eigenvalue weighted by molar-refractivity contribution is 6.09. The lowest BCUT2D eigenvalue weighted by Gasteiger charge is -2.30. The minimum Gasteiger partial charge on any atom is -0.348 e. The Morgan fingerprint density at radius 1 is 1.11 bits per heavy atom. The van der Waals surface area contributed by atoms with Gasteiger partial charge in [-0.3, -0.25) is 14.5 Å². The zero-order valence-corrected chi connectivity index (χ0v) is 17.1. The van der Waals surface area contributed by atoms with Gasteiger partial charge in [0.05, 0.1) is 6.04 Å². The van der Waals surface area contributed by atoms with E-state index in [0.29, 0.717) is 18.8 Å². The molecule has 4 amide bonds. The number of hydrogen-bond donors (Lipinski definition) is 2. The molecule has 1 aromatic rings. The third kappa shape index (κ3) is 4.37. The summed E-state index contributed by atoms with van der Waals surface area (Å²) < 4.78 is 0. The minimum atomic E-state index is -0.784. The summed E-state index contributed by atoms with van der Waals surface area (Å²) in [5.41, 5.74) is 1.49. The summed E-state index contributed by atoms with van der Waals surface area (Å²) in [5, 5.41) is 5.74. The molecule has 6 heteroatoms. The van der Waals surface area contributed by atoms with Gasteiger partial charge < -0.3 is 10.6 Å². The molecule has 1 heterocycles. The van der Waals surface area contributed by atoms with E-state index in [9.17, 15) is 14.4 Å². The summed E-state index contributed by atoms with van der Waals surface area (Å²) in [4.78, 5) is 38.6. The van der Waals surface area contributed by atoms with Crippen molar-refractivity contribution in [2.75, 3.05) is 6.54 Å². The Labute approximate surface area is 167 Å². The zero-order valence-electron chi connectivity index (χ0n) is 17.1. The van der Waals surface area contributed by atoms with E-state index in [4.69, 9.17) is 0 Å². The first-order chi connectivity index (χ1) is 13.3. The lowest BCUT2D eigenvalue weighted by atomic mass is 9.82. The molecule has 1 aliphatic heterocycles. The standard InChI is InChI=1S/C22H31N3O3/c1-15(2)13-17-7-9-18(10-8-17)16(3)23-19(26)14-25-20(27)22(24-21(25)28)11-5-4-6-12-22/h7-10,15-16H,4-6,11-14H2,1-3H3,(H,23,26)(H,24,28)/t16-/m1/s1. The van der Waals surface area contributed by atoms with Crippen molar-refractivity contribution < 1.29 is 14.4 Å². The number of amides is 4. The number of carbonyl (C=O) groups is 3.